The summed E-state index contributed by atoms with van der Waals surface area (Å²) in [6, 6.07) is 9.79. The number of rotatable bonds is 8. The Hall–Kier alpha value is -2.92. The number of hydrogen-bond acceptors (Lipinski definition) is 9. The van der Waals surface area contributed by atoms with E-state index < -0.39 is 0 Å². The fourth-order valence-electron chi connectivity index (χ4n) is 4.29. The van der Waals surface area contributed by atoms with Gasteiger partial charge in [0.15, 0.2) is 11.0 Å². The Morgan fingerprint density at radius 2 is 2.06 bits per heavy atom. The van der Waals surface area contributed by atoms with E-state index in [4.69, 9.17) is 4.74 Å². The van der Waals surface area contributed by atoms with Crippen molar-refractivity contribution >= 4 is 33.7 Å². The van der Waals surface area contributed by atoms with Crippen LogP contribution in [0, 0.1) is 6.92 Å². The Bertz CT molecular complexity index is 1340. The number of aryl methyl sites for hydroxylation is 1. The third kappa shape index (κ3) is 4.95. The lowest BCUT2D eigenvalue weighted by atomic mass is 9.95. The Morgan fingerprint density at radius 3 is 2.88 bits per heavy atom. The number of fused-ring (bicyclic) bond motifs is 1. The first-order valence-corrected chi connectivity index (χ1v) is 13.2. The molecule has 0 unspecified atom stereocenters. The standard InChI is InChI=1S/C23H27N7O2S2/c1-15-11-21(31)30-22(25-15)34-20(28-30)14-33-23-27-26-19(29(23)17-8-4-3-5-9-17)13-24-16-7-6-10-18(12-16)32-2/h6-7,10-12,17,24H,3-5,8-9,13-14H2,1-2H3. The van der Waals surface area contributed by atoms with Gasteiger partial charge in [-0.2, -0.15) is 9.61 Å². The van der Waals surface area contributed by atoms with E-state index in [9.17, 15) is 4.79 Å². The molecular formula is C23H27N7O2S2. The normalized spacial score (nSPS) is 14.5. The number of thioether (sulfide) groups is 1. The molecule has 1 saturated carbocycles. The van der Waals surface area contributed by atoms with Crippen LogP contribution in [0.5, 0.6) is 5.75 Å². The highest BCUT2D eigenvalue weighted by atomic mass is 32.2. The van der Waals surface area contributed by atoms with Crippen LogP contribution in [0.4, 0.5) is 5.69 Å². The molecule has 1 N–H and O–H groups in total. The van der Waals surface area contributed by atoms with Crippen LogP contribution in [-0.4, -0.2) is 36.5 Å². The van der Waals surface area contributed by atoms with Crippen molar-refractivity contribution in [2.45, 2.75) is 62.5 Å². The first-order chi connectivity index (χ1) is 16.6. The zero-order chi connectivity index (χ0) is 23.5. The summed E-state index contributed by atoms with van der Waals surface area (Å²) in [5.41, 5.74) is 1.54. The zero-order valence-electron chi connectivity index (χ0n) is 19.2. The van der Waals surface area contributed by atoms with Crippen LogP contribution in [-0.2, 0) is 12.3 Å². The fraction of sp³-hybridized carbons (Fsp3) is 0.435. The van der Waals surface area contributed by atoms with Gasteiger partial charge in [0.1, 0.15) is 10.8 Å². The molecule has 178 valence electrons. The number of methoxy groups -OCH3 is 1. The number of nitrogens with one attached hydrogen (secondary N) is 1. The topological polar surface area (TPSA) is 99.2 Å². The van der Waals surface area contributed by atoms with Crippen molar-refractivity contribution < 1.29 is 4.74 Å². The van der Waals surface area contributed by atoms with Crippen molar-refractivity contribution in [1.82, 2.24) is 29.4 Å². The summed E-state index contributed by atoms with van der Waals surface area (Å²) >= 11 is 3.06. The maximum Gasteiger partial charge on any atom is 0.275 e. The minimum atomic E-state index is -0.147. The molecule has 34 heavy (non-hydrogen) atoms. The van der Waals surface area contributed by atoms with Gasteiger partial charge in [0.05, 0.1) is 19.4 Å². The van der Waals surface area contributed by atoms with Gasteiger partial charge in [-0.15, -0.1) is 10.2 Å². The lowest BCUT2D eigenvalue weighted by Crippen LogP contribution is -2.18. The van der Waals surface area contributed by atoms with Crippen LogP contribution in [0.15, 0.2) is 40.3 Å². The van der Waals surface area contributed by atoms with E-state index >= 15 is 0 Å². The van der Waals surface area contributed by atoms with Gasteiger partial charge in [0, 0.05) is 29.6 Å². The average molecular weight is 498 g/mol. The molecule has 0 atom stereocenters. The summed E-state index contributed by atoms with van der Waals surface area (Å²) < 4.78 is 9.01. The summed E-state index contributed by atoms with van der Waals surface area (Å²) in [6.45, 7) is 2.40. The Labute approximate surface area is 205 Å². The minimum absolute atomic E-state index is 0.147. The zero-order valence-corrected chi connectivity index (χ0v) is 20.9. The molecule has 0 radical (unpaired) electrons. The number of anilines is 1. The summed E-state index contributed by atoms with van der Waals surface area (Å²) in [6.07, 6.45) is 6.00. The molecule has 3 aromatic heterocycles. The fourth-order valence-corrected chi connectivity index (χ4v) is 6.25. The van der Waals surface area contributed by atoms with Gasteiger partial charge in [-0.05, 0) is 31.9 Å². The van der Waals surface area contributed by atoms with Gasteiger partial charge >= 0.3 is 0 Å². The molecule has 1 aliphatic rings. The third-order valence-electron chi connectivity index (χ3n) is 5.94. The molecule has 1 aromatic carbocycles. The number of aromatic nitrogens is 6. The second-order valence-electron chi connectivity index (χ2n) is 8.36. The molecule has 4 aromatic rings. The SMILES string of the molecule is COc1cccc(NCc2nnc(SCc3nn4c(=O)cc(C)nc4s3)n2C2CCCCC2)c1. The van der Waals surface area contributed by atoms with E-state index in [1.807, 2.05) is 31.2 Å². The van der Waals surface area contributed by atoms with Crippen molar-refractivity contribution in [2.24, 2.45) is 0 Å². The number of benzene rings is 1. The molecule has 0 saturated heterocycles. The Morgan fingerprint density at radius 1 is 1.21 bits per heavy atom. The van der Waals surface area contributed by atoms with Gasteiger partial charge in [-0.3, -0.25) is 4.79 Å². The van der Waals surface area contributed by atoms with Crippen LogP contribution >= 0.6 is 23.1 Å². The first kappa shape index (κ1) is 22.9. The van der Waals surface area contributed by atoms with Gasteiger partial charge in [-0.1, -0.05) is 48.4 Å². The Kier molecular flexibility index (Phi) is 6.82. The minimum Gasteiger partial charge on any atom is -0.497 e. The predicted molar refractivity (Wildman–Crippen MR) is 134 cm³/mol. The van der Waals surface area contributed by atoms with Crippen LogP contribution in [0.1, 0.15) is 54.7 Å². The molecule has 0 amide bonds. The number of ether oxygens (including phenoxy) is 1. The van der Waals surface area contributed by atoms with Crippen molar-refractivity contribution in [3.8, 4) is 5.75 Å². The molecule has 0 spiro atoms. The quantitative estimate of drug-likeness (QED) is 0.356. The van der Waals surface area contributed by atoms with Crippen molar-refractivity contribution in [3.63, 3.8) is 0 Å². The van der Waals surface area contributed by atoms with Crippen molar-refractivity contribution in [2.75, 3.05) is 12.4 Å². The van der Waals surface area contributed by atoms with E-state index in [2.05, 4.69) is 30.2 Å². The Balaban J connectivity index is 1.36. The second-order valence-corrected chi connectivity index (χ2v) is 10.3. The first-order valence-electron chi connectivity index (χ1n) is 11.4. The van der Waals surface area contributed by atoms with Crippen molar-refractivity contribution in [3.05, 3.63) is 57.2 Å². The van der Waals surface area contributed by atoms with E-state index in [0.29, 0.717) is 29.0 Å². The van der Waals surface area contributed by atoms with Crippen molar-refractivity contribution in [1.29, 1.82) is 0 Å². The summed E-state index contributed by atoms with van der Waals surface area (Å²) in [7, 11) is 1.67. The van der Waals surface area contributed by atoms with Crippen LogP contribution in [0.3, 0.4) is 0 Å². The average Bonchev–Trinajstić information content (AvgIpc) is 3.46. The van der Waals surface area contributed by atoms with Crippen LogP contribution in [0.2, 0.25) is 0 Å². The monoisotopic (exact) mass is 497 g/mol. The smallest absolute Gasteiger partial charge is 0.275 e. The van der Waals surface area contributed by atoms with Gasteiger partial charge in [0.2, 0.25) is 4.96 Å². The van der Waals surface area contributed by atoms with Crippen LogP contribution < -0.4 is 15.6 Å². The van der Waals surface area contributed by atoms with Gasteiger partial charge < -0.3 is 14.6 Å². The maximum atomic E-state index is 12.2. The van der Waals surface area contributed by atoms with E-state index in [1.165, 1.54) is 41.2 Å². The number of hydrogen-bond donors (Lipinski definition) is 1. The largest absolute Gasteiger partial charge is 0.497 e. The highest BCUT2D eigenvalue weighted by Gasteiger charge is 2.23. The molecule has 1 aliphatic carbocycles. The van der Waals surface area contributed by atoms with E-state index in [0.717, 1.165) is 40.3 Å². The predicted octanol–water partition coefficient (Wildman–Crippen LogP) is 4.47. The highest BCUT2D eigenvalue weighted by molar-refractivity contribution is 7.98. The summed E-state index contributed by atoms with van der Waals surface area (Å²) in [5.74, 6) is 2.35. The summed E-state index contributed by atoms with van der Waals surface area (Å²) in [4.78, 5) is 17.3. The number of nitrogens with zero attached hydrogens (tertiary/aromatic N) is 6. The molecule has 0 aliphatic heterocycles. The molecule has 0 bridgehead atoms. The summed E-state index contributed by atoms with van der Waals surface area (Å²) in [5, 5.41) is 18.8. The molecule has 5 rings (SSSR count). The third-order valence-corrected chi connectivity index (χ3v) is 7.98. The van der Waals surface area contributed by atoms with Gasteiger partial charge in [0.25, 0.3) is 5.56 Å². The highest BCUT2D eigenvalue weighted by Crippen LogP contribution is 2.34. The molecular weight excluding hydrogens is 470 g/mol. The molecule has 9 nitrogen and oxygen atoms in total. The molecule has 1 fully saturated rings. The van der Waals surface area contributed by atoms with Crippen LogP contribution in [0.25, 0.3) is 4.96 Å². The van der Waals surface area contributed by atoms with E-state index in [-0.39, 0.29) is 5.56 Å². The second kappa shape index (κ2) is 10.1. The van der Waals surface area contributed by atoms with E-state index in [1.54, 1.807) is 18.9 Å². The molecule has 3 heterocycles. The van der Waals surface area contributed by atoms with Gasteiger partial charge in [-0.25, -0.2) is 4.98 Å². The lowest BCUT2D eigenvalue weighted by Gasteiger charge is -2.25. The lowest BCUT2D eigenvalue weighted by molar-refractivity contribution is 0.330. The maximum absolute atomic E-state index is 12.2. The molecule has 11 heteroatoms.